The van der Waals surface area contributed by atoms with Crippen LogP contribution in [0.25, 0.3) is 0 Å². The van der Waals surface area contributed by atoms with Crippen molar-refractivity contribution in [3.63, 3.8) is 0 Å². The Kier molecular flexibility index (Phi) is 6.94. The van der Waals surface area contributed by atoms with Gasteiger partial charge in [-0.15, -0.1) is 0 Å². The second-order valence-electron chi connectivity index (χ2n) is 6.77. The van der Waals surface area contributed by atoms with E-state index in [1.165, 1.54) is 0 Å². The molecule has 0 radical (unpaired) electrons. The highest BCUT2D eigenvalue weighted by Gasteiger charge is 2.30. The van der Waals surface area contributed by atoms with Crippen molar-refractivity contribution in [3.05, 3.63) is 48.5 Å². The molecule has 0 saturated carbocycles. The first-order valence-corrected chi connectivity index (χ1v) is 9.90. The zero-order valence-electron chi connectivity index (χ0n) is 16.8. The number of carbonyl (C=O) groups is 2. The molecule has 0 bridgehead atoms. The average Bonchev–Trinajstić information content (AvgIpc) is 3.10. The second kappa shape index (κ2) is 9.82. The summed E-state index contributed by atoms with van der Waals surface area (Å²) in [5, 5.41) is 5.66. The minimum atomic E-state index is -0.316. The number of nitrogens with zero attached hydrogens (tertiary/aromatic N) is 1. The van der Waals surface area contributed by atoms with Crippen LogP contribution in [0.15, 0.2) is 48.5 Å². The van der Waals surface area contributed by atoms with Gasteiger partial charge in [0.25, 0.3) is 0 Å². The Labute approximate surface area is 171 Å². The molecule has 3 rings (SSSR count). The summed E-state index contributed by atoms with van der Waals surface area (Å²) in [6.07, 6.45) is 0.406. The predicted molar refractivity (Wildman–Crippen MR) is 113 cm³/mol. The van der Waals surface area contributed by atoms with E-state index in [1.54, 1.807) is 11.0 Å². The van der Waals surface area contributed by atoms with E-state index < -0.39 is 0 Å². The van der Waals surface area contributed by atoms with Crippen LogP contribution in [0.1, 0.15) is 20.3 Å². The van der Waals surface area contributed by atoms with E-state index in [9.17, 15) is 9.59 Å². The number of anilines is 2. The van der Waals surface area contributed by atoms with Crippen LogP contribution in [0.4, 0.5) is 16.2 Å². The summed E-state index contributed by atoms with van der Waals surface area (Å²) in [7, 11) is 0. The molecule has 2 aromatic carbocycles. The minimum Gasteiger partial charge on any atom is -0.494 e. The molecule has 1 atom stereocenters. The molecule has 2 N–H and O–H groups in total. The van der Waals surface area contributed by atoms with E-state index in [2.05, 4.69) is 10.6 Å². The lowest BCUT2D eigenvalue weighted by molar-refractivity contribution is -0.117. The maximum absolute atomic E-state index is 12.4. The highest BCUT2D eigenvalue weighted by Crippen LogP contribution is 2.27. The van der Waals surface area contributed by atoms with E-state index in [0.29, 0.717) is 44.2 Å². The third-order valence-corrected chi connectivity index (χ3v) is 4.65. The molecular weight excluding hydrogens is 370 g/mol. The highest BCUT2D eigenvalue weighted by atomic mass is 16.5. The van der Waals surface area contributed by atoms with Crippen molar-refractivity contribution in [1.82, 2.24) is 5.32 Å². The Hall–Kier alpha value is -3.22. The summed E-state index contributed by atoms with van der Waals surface area (Å²) in [5.74, 6) is 1.53. The van der Waals surface area contributed by atoms with Crippen LogP contribution in [0.3, 0.4) is 0 Å². The largest absolute Gasteiger partial charge is 0.494 e. The van der Waals surface area contributed by atoms with Gasteiger partial charge in [0, 0.05) is 31.1 Å². The van der Waals surface area contributed by atoms with E-state index in [4.69, 9.17) is 9.47 Å². The average molecular weight is 397 g/mol. The van der Waals surface area contributed by atoms with Crippen LogP contribution < -0.4 is 25.0 Å². The van der Waals surface area contributed by atoms with Gasteiger partial charge >= 0.3 is 6.03 Å². The Morgan fingerprint density at radius 3 is 2.52 bits per heavy atom. The fraction of sp³-hybridized carbons (Fsp3) is 0.364. The standard InChI is InChI=1S/C22H27N3O4/c1-3-28-18-11-9-17(10-12-18)25-15-16(13-21(25)26)14-23-22(27)24-19-7-5-6-8-20(19)29-4-2/h5-12,16H,3-4,13-15H2,1-2H3,(H2,23,24,27)/t16-/m1/s1. The third-order valence-electron chi connectivity index (χ3n) is 4.65. The quantitative estimate of drug-likeness (QED) is 0.712. The summed E-state index contributed by atoms with van der Waals surface area (Å²) < 4.78 is 11.0. The Bertz CT molecular complexity index is 838. The van der Waals surface area contributed by atoms with Gasteiger partial charge in [0.1, 0.15) is 11.5 Å². The molecule has 0 aliphatic carbocycles. The summed E-state index contributed by atoms with van der Waals surface area (Å²) in [5.41, 5.74) is 1.46. The van der Waals surface area contributed by atoms with E-state index in [-0.39, 0.29) is 17.9 Å². The van der Waals surface area contributed by atoms with E-state index in [1.807, 2.05) is 56.3 Å². The smallest absolute Gasteiger partial charge is 0.319 e. The number of benzene rings is 2. The van der Waals surface area contributed by atoms with Crippen LogP contribution in [0.5, 0.6) is 11.5 Å². The first kappa shape index (κ1) is 20.5. The number of carbonyl (C=O) groups excluding carboxylic acids is 2. The van der Waals surface area contributed by atoms with E-state index in [0.717, 1.165) is 11.4 Å². The van der Waals surface area contributed by atoms with Crippen molar-refractivity contribution < 1.29 is 19.1 Å². The molecule has 0 unspecified atom stereocenters. The molecule has 154 valence electrons. The van der Waals surface area contributed by atoms with Crippen molar-refractivity contribution in [2.45, 2.75) is 20.3 Å². The number of urea groups is 1. The number of rotatable bonds is 8. The van der Waals surface area contributed by atoms with Crippen LogP contribution in [0.2, 0.25) is 0 Å². The summed E-state index contributed by atoms with van der Waals surface area (Å²) in [4.78, 5) is 26.4. The monoisotopic (exact) mass is 397 g/mol. The molecule has 7 nitrogen and oxygen atoms in total. The predicted octanol–water partition coefficient (Wildman–Crippen LogP) is 3.66. The number of hydrogen-bond acceptors (Lipinski definition) is 4. The molecule has 1 heterocycles. The lowest BCUT2D eigenvalue weighted by Gasteiger charge is -2.18. The maximum atomic E-state index is 12.4. The molecule has 1 saturated heterocycles. The second-order valence-corrected chi connectivity index (χ2v) is 6.77. The first-order valence-electron chi connectivity index (χ1n) is 9.90. The SMILES string of the molecule is CCOc1ccc(N2C[C@@H](CNC(=O)Nc3ccccc3OCC)CC2=O)cc1. The van der Waals surface area contributed by atoms with Gasteiger partial charge in [0.15, 0.2) is 0 Å². The minimum absolute atomic E-state index is 0.0574. The fourth-order valence-corrected chi connectivity index (χ4v) is 3.31. The molecule has 7 heteroatoms. The van der Waals surface area contributed by atoms with Crippen LogP contribution in [-0.4, -0.2) is 38.2 Å². The molecule has 2 aromatic rings. The van der Waals surface area contributed by atoms with Gasteiger partial charge in [-0.05, 0) is 50.2 Å². The van der Waals surface area contributed by atoms with Crippen LogP contribution >= 0.6 is 0 Å². The number of hydrogen-bond donors (Lipinski definition) is 2. The number of para-hydroxylation sites is 2. The summed E-state index contributed by atoms with van der Waals surface area (Å²) in [6.45, 7) is 5.94. The topological polar surface area (TPSA) is 79.9 Å². The van der Waals surface area contributed by atoms with Gasteiger partial charge in [-0.3, -0.25) is 4.79 Å². The molecule has 1 fully saturated rings. The van der Waals surface area contributed by atoms with Gasteiger partial charge in [0.05, 0.1) is 18.9 Å². The van der Waals surface area contributed by atoms with Crippen molar-refractivity contribution in [2.24, 2.45) is 5.92 Å². The Balaban J connectivity index is 1.51. The number of amides is 3. The van der Waals surface area contributed by atoms with Gasteiger partial charge in [-0.1, -0.05) is 12.1 Å². The van der Waals surface area contributed by atoms with Crippen molar-refractivity contribution >= 4 is 23.3 Å². The zero-order valence-corrected chi connectivity index (χ0v) is 16.8. The van der Waals surface area contributed by atoms with Gasteiger partial charge in [0.2, 0.25) is 5.91 Å². The van der Waals surface area contributed by atoms with Crippen LogP contribution in [0, 0.1) is 5.92 Å². The number of ether oxygens (including phenoxy) is 2. The lowest BCUT2D eigenvalue weighted by atomic mass is 10.1. The molecule has 0 aromatic heterocycles. The number of nitrogens with one attached hydrogen (secondary N) is 2. The lowest BCUT2D eigenvalue weighted by Crippen LogP contribution is -2.34. The van der Waals surface area contributed by atoms with Gasteiger partial charge in [-0.25, -0.2) is 4.79 Å². The van der Waals surface area contributed by atoms with Crippen LogP contribution in [-0.2, 0) is 4.79 Å². The molecule has 1 aliphatic rings. The molecule has 1 aliphatic heterocycles. The molecular formula is C22H27N3O4. The van der Waals surface area contributed by atoms with Crippen molar-refractivity contribution in [2.75, 3.05) is 36.5 Å². The Morgan fingerprint density at radius 2 is 1.79 bits per heavy atom. The normalized spacial score (nSPS) is 15.9. The van der Waals surface area contributed by atoms with Gasteiger partial charge < -0.3 is 25.0 Å². The van der Waals surface area contributed by atoms with E-state index >= 15 is 0 Å². The Morgan fingerprint density at radius 1 is 1.07 bits per heavy atom. The van der Waals surface area contributed by atoms with Crippen molar-refractivity contribution in [1.29, 1.82) is 0 Å². The van der Waals surface area contributed by atoms with Crippen molar-refractivity contribution in [3.8, 4) is 11.5 Å². The maximum Gasteiger partial charge on any atom is 0.319 e. The zero-order chi connectivity index (χ0) is 20.6. The fourth-order valence-electron chi connectivity index (χ4n) is 3.31. The molecule has 3 amide bonds. The van der Waals surface area contributed by atoms with Gasteiger partial charge in [-0.2, -0.15) is 0 Å². The first-order chi connectivity index (χ1) is 14.1. The molecule has 29 heavy (non-hydrogen) atoms. The molecule has 0 spiro atoms. The highest BCUT2D eigenvalue weighted by molar-refractivity contribution is 5.96. The summed E-state index contributed by atoms with van der Waals surface area (Å²) >= 11 is 0. The third kappa shape index (κ3) is 5.40. The summed E-state index contributed by atoms with van der Waals surface area (Å²) in [6, 6.07) is 14.5.